The number of nitrogens with zero attached hydrogens (tertiary/aromatic N) is 5. The third kappa shape index (κ3) is 4.76. The number of carbonyl (C=O) groups is 1. The normalized spacial score (nSPS) is 14.8. The van der Waals surface area contributed by atoms with Crippen LogP contribution in [-0.2, 0) is 11.3 Å². The lowest BCUT2D eigenvalue weighted by Crippen LogP contribution is -2.28. The van der Waals surface area contributed by atoms with E-state index in [0.717, 1.165) is 23.6 Å². The molecular formula is C17H23N5OS2. The molecule has 0 N–H and O–H groups in total. The van der Waals surface area contributed by atoms with Crippen molar-refractivity contribution in [2.24, 2.45) is 0 Å². The van der Waals surface area contributed by atoms with E-state index >= 15 is 0 Å². The summed E-state index contributed by atoms with van der Waals surface area (Å²) in [6.45, 7) is 0.613. The summed E-state index contributed by atoms with van der Waals surface area (Å²) < 4.78 is 1.89. The minimum Gasteiger partial charge on any atom is -0.341 e. The third-order valence-electron chi connectivity index (χ3n) is 4.46. The topological polar surface area (TPSA) is 63.9 Å². The molecule has 0 unspecified atom stereocenters. The molecule has 1 saturated carbocycles. The summed E-state index contributed by atoms with van der Waals surface area (Å²) in [6, 6.07) is 8.71. The Hall–Kier alpha value is -1.54. The molecule has 0 atom stereocenters. The van der Waals surface area contributed by atoms with Gasteiger partial charge in [-0.05, 0) is 47.2 Å². The van der Waals surface area contributed by atoms with Crippen LogP contribution in [-0.4, -0.2) is 50.1 Å². The zero-order valence-electron chi connectivity index (χ0n) is 14.6. The van der Waals surface area contributed by atoms with Gasteiger partial charge in [-0.2, -0.15) is 0 Å². The Morgan fingerprint density at radius 1 is 1.28 bits per heavy atom. The quantitative estimate of drug-likeness (QED) is 0.690. The van der Waals surface area contributed by atoms with Gasteiger partial charge in [-0.1, -0.05) is 36.7 Å². The van der Waals surface area contributed by atoms with E-state index in [-0.39, 0.29) is 5.91 Å². The van der Waals surface area contributed by atoms with Crippen molar-refractivity contribution in [3.8, 4) is 0 Å². The maximum atomic E-state index is 12.4. The van der Waals surface area contributed by atoms with Crippen molar-refractivity contribution in [2.45, 2.75) is 48.3 Å². The van der Waals surface area contributed by atoms with Crippen molar-refractivity contribution in [3.63, 3.8) is 0 Å². The van der Waals surface area contributed by atoms with Gasteiger partial charge in [-0.15, -0.1) is 16.9 Å². The molecule has 0 radical (unpaired) electrons. The Kier molecular flexibility index (Phi) is 6.36. The number of hydrogen-bond acceptors (Lipinski definition) is 6. The van der Waals surface area contributed by atoms with E-state index in [0.29, 0.717) is 18.3 Å². The van der Waals surface area contributed by atoms with E-state index in [1.807, 2.05) is 11.7 Å². The van der Waals surface area contributed by atoms with Crippen molar-refractivity contribution >= 4 is 29.4 Å². The van der Waals surface area contributed by atoms with Crippen LogP contribution in [0.2, 0.25) is 0 Å². The van der Waals surface area contributed by atoms with E-state index in [9.17, 15) is 4.79 Å². The number of tetrazole rings is 1. The van der Waals surface area contributed by atoms with Gasteiger partial charge in [0.1, 0.15) is 0 Å². The summed E-state index contributed by atoms with van der Waals surface area (Å²) in [6.07, 6.45) is 6.76. The second-order valence-corrected chi connectivity index (χ2v) is 8.05. The molecule has 0 saturated heterocycles. The van der Waals surface area contributed by atoms with E-state index in [2.05, 4.69) is 46.0 Å². The van der Waals surface area contributed by atoms with Crippen LogP contribution in [0.5, 0.6) is 0 Å². The number of amides is 1. The molecule has 1 fully saturated rings. The number of aromatic nitrogens is 4. The second-order valence-electron chi connectivity index (χ2n) is 6.23. The molecule has 134 valence electrons. The van der Waals surface area contributed by atoms with Crippen LogP contribution < -0.4 is 0 Å². The van der Waals surface area contributed by atoms with Crippen molar-refractivity contribution in [1.29, 1.82) is 0 Å². The first-order chi connectivity index (χ1) is 12.2. The van der Waals surface area contributed by atoms with Crippen LogP contribution >= 0.6 is 23.5 Å². The number of thioether (sulfide) groups is 2. The molecule has 1 aliphatic rings. The molecule has 0 spiro atoms. The van der Waals surface area contributed by atoms with Crippen molar-refractivity contribution < 1.29 is 4.79 Å². The molecular weight excluding hydrogens is 354 g/mol. The molecule has 1 aromatic heterocycles. The van der Waals surface area contributed by atoms with Crippen molar-refractivity contribution in [3.05, 3.63) is 29.8 Å². The summed E-state index contributed by atoms with van der Waals surface area (Å²) >= 11 is 3.14. The summed E-state index contributed by atoms with van der Waals surface area (Å²) in [5.41, 5.74) is 1.13. The molecule has 1 aliphatic carbocycles. The summed E-state index contributed by atoms with van der Waals surface area (Å²) in [4.78, 5) is 15.4. The maximum absolute atomic E-state index is 12.4. The molecule has 1 heterocycles. The molecule has 0 aliphatic heterocycles. The van der Waals surface area contributed by atoms with E-state index in [1.165, 1.54) is 29.5 Å². The van der Waals surface area contributed by atoms with Gasteiger partial charge in [0.25, 0.3) is 0 Å². The molecule has 0 bridgehead atoms. The molecule has 25 heavy (non-hydrogen) atoms. The highest BCUT2D eigenvalue weighted by atomic mass is 32.2. The molecule has 8 heteroatoms. The summed E-state index contributed by atoms with van der Waals surface area (Å²) in [7, 11) is 1.84. The fourth-order valence-corrected chi connectivity index (χ4v) is 4.28. The highest BCUT2D eigenvalue weighted by Gasteiger charge is 2.22. The predicted octanol–water partition coefficient (Wildman–Crippen LogP) is 3.26. The number of benzene rings is 1. The highest BCUT2D eigenvalue weighted by Crippen LogP contribution is 2.31. The van der Waals surface area contributed by atoms with Gasteiger partial charge in [0.05, 0.1) is 11.8 Å². The lowest BCUT2D eigenvalue weighted by molar-refractivity contribution is -0.127. The molecule has 1 amide bonds. The smallest absolute Gasteiger partial charge is 0.233 e. The average molecular weight is 378 g/mol. The van der Waals surface area contributed by atoms with E-state index in [1.54, 1.807) is 16.7 Å². The predicted molar refractivity (Wildman–Crippen MR) is 101 cm³/mol. The number of hydrogen-bond donors (Lipinski definition) is 0. The van der Waals surface area contributed by atoms with Gasteiger partial charge >= 0.3 is 0 Å². The van der Waals surface area contributed by atoms with Crippen LogP contribution in [0.25, 0.3) is 0 Å². The molecule has 2 aromatic rings. The fourth-order valence-electron chi connectivity index (χ4n) is 2.99. The Balaban J connectivity index is 1.52. The van der Waals surface area contributed by atoms with Gasteiger partial charge in [0.15, 0.2) is 0 Å². The van der Waals surface area contributed by atoms with Crippen molar-refractivity contribution in [1.82, 2.24) is 25.1 Å². The minimum atomic E-state index is 0.0833. The van der Waals surface area contributed by atoms with Gasteiger partial charge in [0, 0.05) is 18.5 Å². The fraction of sp³-hybridized carbons (Fsp3) is 0.529. The van der Waals surface area contributed by atoms with Gasteiger partial charge in [0.2, 0.25) is 11.1 Å². The standard InChI is InChI=1S/C17H23N5OS2/c1-21(11-13-7-9-15(24-2)10-8-13)16(23)12-25-17-18-19-20-22(17)14-5-3-4-6-14/h7-10,14H,3-6,11-12H2,1-2H3. The minimum absolute atomic E-state index is 0.0833. The third-order valence-corrected chi connectivity index (χ3v) is 6.12. The first-order valence-corrected chi connectivity index (χ1v) is 10.7. The molecule has 1 aromatic carbocycles. The number of rotatable bonds is 7. The second kappa shape index (κ2) is 8.71. The Bertz CT molecular complexity index is 697. The Morgan fingerprint density at radius 3 is 2.68 bits per heavy atom. The van der Waals surface area contributed by atoms with Gasteiger partial charge in [-0.3, -0.25) is 4.79 Å². The molecule has 6 nitrogen and oxygen atoms in total. The zero-order valence-corrected chi connectivity index (χ0v) is 16.2. The summed E-state index contributed by atoms with van der Waals surface area (Å²) in [5, 5.41) is 12.7. The SMILES string of the molecule is CSc1ccc(CN(C)C(=O)CSc2nnnn2C2CCCC2)cc1. The van der Waals surface area contributed by atoms with Crippen LogP contribution in [0.4, 0.5) is 0 Å². The van der Waals surface area contributed by atoms with Crippen LogP contribution in [0.1, 0.15) is 37.3 Å². The largest absolute Gasteiger partial charge is 0.341 e. The van der Waals surface area contributed by atoms with E-state index < -0.39 is 0 Å². The van der Waals surface area contributed by atoms with Crippen LogP contribution in [0.15, 0.2) is 34.3 Å². The van der Waals surface area contributed by atoms with E-state index in [4.69, 9.17) is 0 Å². The van der Waals surface area contributed by atoms with Crippen LogP contribution in [0.3, 0.4) is 0 Å². The summed E-state index contributed by atoms with van der Waals surface area (Å²) in [5.74, 6) is 0.437. The monoisotopic (exact) mass is 377 g/mol. The van der Waals surface area contributed by atoms with Gasteiger partial charge < -0.3 is 4.90 Å². The lowest BCUT2D eigenvalue weighted by Gasteiger charge is -2.17. The van der Waals surface area contributed by atoms with Crippen LogP contribution in [0, 0.1) is 0 Å². The zero-order chi connectivity index (χ0) is 17.6. The lowest BCUT2D eigenvalue weighted by atomic mass is 10.2. The molecule has 3 rings (SSSR count). The van der Waals surface area contributed by atoms with Gasteiger partial charge in [-0.25, -0.2) is 4.68 Å². The Morgan fingerprint density at radius 2 is 2.00 bits per heavy atom. The maximum Gasteiger partial charge on any atom is 0.233 e. The number of carbonyl (C=O) groups excluding carboxylic acids is 1. The highest BCUT2D eigenvalue weighted by molar-refractivity contribution is 7.99. The van der Waals surface area contributed by atoms with Crippen molar-refractivity contribution in [2.75, 3.05) is 19.1 Å². The average Bonchev–Trinajstić information content (AvgIpc) is 3.31. The first-order valence-electron chi connectivity index (χ1n) is 8.45. The first kappa shape index (κ1) is 18.3. The Labute approximate surface area is 156 Å².